The normalized spacial score (nSPS) is 11.5. The number of furan rings is 1. The smallest absolute Gasteiger partial charge is 0.305 e. The van der Waals surface area contributed by atoms with Gasteiger partial charge in [0.1, 0.15) is 11.3 Å². The predicted molar refractivity (Wildman–Crippen MR) is 114 cm³/mol. The number of guanidine groups is 1. The number of carboxylic acid groups (broad SMARTS) is 1. The zero-order valence-corrected chi connectivity index (χ0v) is 16.3. The zero-order chi connectivity index (χ0) is 22.4. The van der Waals surface area contributed by atoms with E-state index in [2.05, 4.69) is 16.0 Å². The summed E-state index contributed by atoms with van der Waals surface area (Å²) in [5.41, 5.74) is 6.57. The topological polar surface area (TPSA) is 171 Å². The van der Waals surface area contributed by atoms with E-state index in [1.165, 1.54) is 6.07 Å². The van der Waals surface area contributed by atoms with Crippen molar-refractivity contribution in [1.29, 1.82) is 5.41 Å². The van der Waals surface area contributed by atoms with Crippen LogP contribution in [0.25, 0.3) is 11.0 Å². The van der Waals surface area contributed by atoms with Crippen LogP contribution in [0, 0.1) is 5.41 Å². The molecule has 0 aliphatic heterocycles. The van der Waals surface area contributed by atoms with Crippen LogP contribution < -0.4 is 21.7 Å². The summed E-state index contributed by atoms with van der Waals surface area (Å²) in [6.45, 7) is -0.362. The van der Waals surface area contributed by atoms with Crippen molar-refractivity contribution >= 4 is 40.4 Å². The minimum absolute atomic E-state index is 0.262. The number of fused-ring (bicyclic) bond motifs is 1. The first-order valence-electron chi connectivity index (χ1n) is 9.31. The summed E-state index contributed by atoms with van der Waals surface area (Å²) in [4.78, 5) is 35.9. The molecule has 0 aliphatic rings. The van der Waals surface area contributed by atoms with E-state index in [-0.39, 0.29) is 24.5 Å². The van der Waals surface area contributed by atoms with Crippen molar-refractivity contribution in [3.05, 3.63) is 65.9 Å². The minimum atomic E-state index is -1.11. The van der Waals surface area contributed by atoms with Crippen molar-refractivity contribution in [2.45, 2.75) is 12.5 Å². The molecular weight excluding hydrogens is 402 g/mol. The Morgan fingerprint density at radius 1 is 1.10 bits per heavy atom. The third-order valence-corrected chi connectivity index (χ3v) is 4.32. The molecule has 3 aromatic rings. The van der Waals surface area contributed by atoms with E-state index in [4.69, 9.17) is 15.6 Å². The fourth-order valence-electron chi connectivity index (χ4n) is 2.97. The summed E-state index contributed by atoms with van der Waals surface area (Å²) in [5.74, 6) is -2.15. The van der Waals surface area contributed by atoms with Crippen LogP contribution in [0.5, 0.6) is 0 Å². The van der Waals surface area contributed by atoms with Crippen LogP contribution in [0.3, 0.4) is 0 Å². The molecule has 10 nitrogen and oxygen atoms in total. The minimum Gasteiger partial charge on any atom is -0.481 e. The van der Waals surface area contributed by atoms with Gasteiger partial charge < -0.3 is 31.2 Å². The first-order chi connectivity index (χ1) is 14.8. The van der Waals surface area contributed by atoms with E-state index in [1.807, 2.05) is 12.1 Å². The molecule has 0 spiro atoms. The van der Waals surface area contributed by atoms with Crippen molar-refractivity contribution in [1.82, 2.24) is 10.6 Å². The SMILES string of the molecule is N=C(N)Nc1cccc(C(=O)NCC(=O)NC(CC(=O)O)c2cc3ccccc3o2)c1. The molecule has 0 fully saturated rings. The number of benzene rings is 2. The summed E-state index contributed by atoms with van der Waals surface area (Å²) in [5, 5.41) is 24.8. The van der Waals surface area contributed by atoms with Gasteiger partial charge >= 0.3 is 5.97 Å². The fraction of sp³-hybridized carbons (Fsp3) is 0.143. The van der Waals surface area contributed by atoms with Crippen molar-refractivity contribution in [2.75, 3.05) is 11.9 Å². The number of para-hydroxylation sites is 1. The second kappa shape index (κ2) is 9.44. The van der Waals surface area contributed by atoms with E-state index in [0.717, 1.165) is 5.39 Å². The number of hydrogen-bond donors (Lipinski definition) is 6. The van der Waals surface area contributed by atoms with Crippen molar-refractivity contribution in [3.63, 3.8) is 0 Å². The maximum absolute atomic E-state index is 12.4. The van der Waals surface area contributed by atoms with E-state index in [0.29, 0.717) is 17.0 Å². The standard InChI is InChI=1S/C21H21N5O5/c22-21(23)25-14-6-3-5-13(8-14)20(30)24-11-18(27)26-15(10-19(28)29)17-9-12-4-1-2-7-16(12)31-17/h1-9,15H,10-11H2,(H,24,30)(H,26,27)(H,28,29)(H4,22,23,25). The number of aliphatic carboxylic acids is 1. The first-order valence-corrected chi connectivity index (χ1v) is 9.31. The molecule has 2 aromatic carbocycles. The third-order valence-electron chi connectivity index (χ3n) is 4.32. The number of anilines is 1. The molecule has 0 saturated heterocycles. The van der Waals surface area contributed by atoms with Gasteiger partial charge in [-0.3, -0.25) is 19.8 Å². The number of carboxylic acids is 1. The van der Waals surface area contributed by atoms with Crippen LogP contribution in [0.2, 0.25) is 0 Å². The average Bonchev–Trinajstić information content (AvgIpc) is 3.15. The molecule has 1 atom stereocenters. The lowest BCUT2D eigenvalue weighted by molar-refractivity contribution is -0.137. The van der Waals surface area contributed by atoms with Crippen molar-refractivity contribution in [2.24, 2.45) is 5.73 Å². The molecule has 1 unspecified atom stereocenters. The largest absolute Gasteiger partial charge is 0.481 e. The molecular formula is C21H21N5O5. The van der Waals surface area contributed by atoms with Crippen LogP contribution in [-0.2, 0) is 9.59 Å². The van der Waals surface area contributed by atoms with Crippen LogP contribution in [0.15, 0.2) is 59.0 Å². The maximum atomic E-state index is 12.4. The predicted octanol–water partition coefficient (Wildman–Crippen LogP) is 1.80. The van der Waals surface area contributed by atoms with Crippen LogP contribution in [-0.4, -0.2) is 35.4 Å². The second-order valence-corrected chi connectivity index (χ2v) is 6.71. The Balaban J connectivity index is 1.63. The highest BCUT2D eigenvalue weighted by Gasteiger charge is 2.22. The van der Waals surface area contributed by atoms with Gasteiger partial charge in [-0.25, -0.2) is 0 Å². The van der Waals surface area contributed by atoms with Gasteiger partial charge in [-0.15, -0.1) is 0 Å². The molecule has 7 N–H and O–H groups in total. The number of nitrogens with one attached hydrogen (secondary N) is 4. The van der Waals surface area contributed by atoms with Gasteiger partial charge in [-0.2, -0.15) is 0 Å². The summed E-state index contributed by atoms with van der Waals surface area (Å²) in [6.07, 6.45) is -0.377. The van der Waals surface area contributed by atoms with Crippen molar-refractivity contribution < 1.29 is 23.9 Å². The Kier molecular flexibility index (Phi) is 6.51. The molecule has 31 heavy (non-hydrogen) atoms. The van der Waals surface area contributed by atoms with Gasteiger partial charge in [-0.05, 0) is 30.3 Å². The van der Waals surface area contributed by atoms with Gasteiger partial charge in [0.05, 0.1) is 19.0 Å². The third kappa shape index (κ3) is 5.82. The molecule has 1 aromatic heterocycles. The van der Waals surface area contributed by atoms with Gasteiger partial charge in [-0.1, -0.05) is 24.3 Å². The van der Waals surface area contributed by atoms with E-state index >= 15 is 0 Å². The molecule has 0 radical (unpaired) electrons. The first kappa shape index (κ1) is 21.4. The fourth-order valence-corrected chi connectivity index (χ4v) is 2.97. The Morgan fingerprint density at radius 3 is 2.58 bits per heavy atom. The van der Waals surface area contributed by atoms with E-state index in [9.17, 15) is 19.5 Å². The molecule has 0 aliphatic carbocycles. The Bertz CT molecular complexity index is 1110. The number of nitrogens with two attached hydrogens (primary N) is 1. The number of amides is 2. The van der Waals surface area contributed by atoms with Crippen molar-refractivity contribution in [3.8, 4) is 0 Å². The zero-order valence-electron chi connectivity index (χ0n) is 16.3. The van der Waals surface area contributed by atoms with Gasteiger partial charge in [0.15, 0.2) is 5.96 Å². The molecule has 3 rings (SSSR count). The molecule has 2 amide bonds. The Hall–Kier alpha value is -4.34. The lowest BCUT2D eigenvalue weighted by atomic mass is 10.1. The quantitative estimate of drug-likeness (QED) is 0.237. The molecule has 160 valence electrons. The molecule has 1 heterocycles. The van der Waals surface area contributed by atoms with Crippen LogP contribution >= 0.6 is 0 Å². The number of carbonyl (C=O) groups is 3. The highest BCUT2D eigenvalue weighted by atomic mass is 16.4. The Labute approximate surface area is 176 Å². The summed E-state index contributed by atoms with van der Waals surface area (Å²) < 4.78 is 5.67. The molecule has 0 bridgehead atoms. The second-order valence-electron chi connectivity index (χ2n) is 6.71. The molecule has 0 saturated carbocycles. The summed E-state index contributed by atoms with van der Waals surface area (Å²) >= 11 is 0. The Morgan fingerprint density at radius 2 is 1.87 bits per heavy atom. The van der Waals surface area contributed by atoms with Gasteiger partial charge in [0.25, 0.3) is 5.91 Å². The van der Waals surface area contributed by atoms with Gasteiger partial charge in [0.2, 0.25) is 5.91 Å². The number of carbonyl (C=O) groups excluding carboxylic acids is 2. The number of rotatable bonds is 8. The average molecular weight is 423 g/mol. The lowest BCUT2D eigenvalue weighted by Crippen LogP contribution is -2.39. The number of hydrogen-bond acceptors (Lipinski definition) is 5. The monoisotopic (exact) mass is 423 g/mol. The van der Waals surface area contributed by atoms with Gasteiger partial charge in [0, 0.05) is 16.6 Å². The van der Waals surface area contributed by atoms with Crippen LogP contribution in [0.4, 0.5) is 5.69 Å². The summed E-state index contributed by atoms with van der Waals surface area (Å²) in [7, 11) is 0. The highest BCUT2D eigenvalue weighted by Crippen LogP contribution is 2.25. The van der Waals surface area contributed by atoms with E-state index in [1.54, 1.807) is 36.4 Å². The highest BCUT2D eigenvalue weighted by molar-refractivity contribution is 5.98. The molecule has 10 heteroatoms. The van der Waals surface area contributed by atoms with Crippen LogP contribution in [0.1, 0.15) is 28.6 Å². The maximum Gasteiger partial charge on any atom is 0.305 e. The summed E-state index contributed by atoms with van der Waals surface area (Å²) in [6, 6.07) is 14.2. The van der Waals surface area contributed by atoms with E-state index < -0.39 is 23.8 Å². The lowest BCUT2D eigenvalue weighted by Gasteiger charge is -2.15.